The van der Waals surface area contributed by atoms with Gasteiger partial charge in [-0.1, -0.05) is 29.8 Å². The molecule has 0 saturated carbocycles. The minimum atomic E-state index is -4.71. The van der Waals surface area contributed by atoms with Gasteiger partial charge in [-0.15, -0.1) is 0 Å². The smallest absolute Gasteiger partial charge is 0.283 e. The van der Waals surface area contributed by atoms with Crippen LogP contribution in [0, 0.1) is 0 Å². The van der Waals surface area contributed by atoms with Crippen LogP contribution < -0.4 is 10.4 Å². The molecule has 1 saturated heterocycles. The maximum absolute atomic E-state index is 13.1. The van der Waals surface area contributed by atoms with Gasteiger partial charge in [-0.3, -0.25) is 15.2 Å². The number of sulfonamides is 1. The van der Waals surface area contributed by atoms with Gasteiger partial charge in [0, 0.05) is 11.8 Å². The lowest BCUT2D eigenvalue weighted by atomic mass is 9.98. The molecule has 0 aromatic heterocycles. The molecule has 0 spiro atoms. The fraction of sp³-hybridized carbons (Fsp3) is 0.500. The van der Waals surface area contributed by atoms with Crippen molar-refractivity contribution < 1.29 is 63.5 Å². The lowest BCUT2D eigenvalue weighted by molar-refractivity contribution is -0.326. The first-order chi connectivity index (χ1) is 21.7. The van der Waals surface area contributed by atoms with E-state index in [1.807, 2.05) is 31.2 Å². The fourth-order valence-corrected chi connectivity index (χ4v) is 6.47. The van der Waals surface area contributed by atoms with Gasteiger partial charge in [0.1, 0.15) is 53.7 Å². The highest BCUT2D eigenvalue weighted by Crippen LogP contribution is 2.31. The molecule has 0 aliphatic carbocycles. The Morgan fingerprint density at radius 3 is 2.50 bits per heavy atom. The number of hydrogen-bond donors (Lipinski definition) is 9. The van der Waals surface area contributed by atoms with Crippen LogP contribution in [0.5, 0.6) is 0 Å². The number of hydrazine groups is 1. The van der Waals surface area contributed by atoms with Crippen LogP contribution in [-0.2, 0) is 25.9 Å². The molecule has 2 aliphatic heterocycles. The number of rotatable bonds is 12. The van der Waals surface area contributed by atoms with Crippen molar-refractivity contribution in [1.82, 2.24) is 5.43 Å². The molecule has 2 aromatic rings. The van der Waals surface area contributed by atoms with Gasteiger partial charge in [0.15, 0.2) is 6.29 Å². The number of nitrogens with zero attached hydrogens (tertiary/aromatic N) is 2. The summed E-state index contributed by atoms with van der Waals surface area (Å²) in [7, 11) is -4.71. The molecule has 2 aliphatic rings. The highest BCUT2D eigenvalue weighted by Gasteiger charge is 2.46. The normalized spacial score (nSPS) is 27.7. The van der Waals surface area contributed by atoms with Gasteiger partial charge in [0.2, 0.25) is 0 Å². The van der Waals surface area contributed by atoms with Gasteiger partial charge in [0.25, 0.3) is 15.9 Å². The maximum Gasteiger partial charge on any atom is 0.283 e. The third-order valence-electron chi connectivity index (χ3n) is 7.65. The number of nitrogens with one attached hydrogen (secondary N) is 1. The molecule has 2 unspecified atom stereocenters. The zero-order chi connectivity index (χ0) is 33.9. The van der Waals surface area contributed by atoms with Crippen LogP contribution >= 0.6 is 11.6 Å². The van der Waals surface area contributed by atoms with Gasteiger partial charge in [-0.05, 0) is 43.2 Å². The van der Waals surface area contributed by atoms with Crippen LogP contribution in [0.25, 0.3) is 0 Å². The van der Waals surface area contributed by atoms with Crippen molar-refractivity contribution in [3.63, 3.8) is 0 Å². The number of benzene rings is 2. The lowest BCUT2D eigenvalue weighted by Gasteiger charge is -2.42. The Morgan fingerprint density at radius 1 is 1.13 bits per heavy atom. The molecule has 2 aromatic carbocycles. The van der Waals surface area contributed by atoms with E-state index in [9.17, 15) is 54.1 Å². The Hall–Kier alpha value is -2.78. The highest BCUT2D eigenvalue weighted by atomic mass is 35.5. The van der Waals surface area contributed by atoms with Crippen LogP contribution in [0.3, 0.4) is 0 Å². The van der Waals surface area contributed by atoms with Crippen molar-refractivity contribution in [3.05, 3.63) is 58.6 Å². The largest absolute Gasteiger partial charge is 0.394 e. The molecule has 2 heterocycles. The number of carbonyl (C=O) groups is 1. The summed E-state index contributed by atoms with van der Waals surface area (Å²) in [4.78, 5) is 12.5. The molecule has 10 atom stereocenters. The minimum absolute atomic E-state index is 0.0746. The summed E-state index contributed by atoms with van der Waals surface area (Å²) in [6, 6.07) is 10.9. The third-order valence-corrected chi connectivity index (χ3v) is 9.38. The van der Waals surface area contributed by atoms with E-state index < -0.39 is 89.2 Å². The van der Waals surface area contributed by atoms with E-state index in [4.69, 9.17) is 21.1 Å². The van der Waals surface area contributed by atoms with Crippen molar-refractivity contribution in [1.29, 1.82) is 0 Å². The molecule has 4 rings (SSSR count). The number of carbonyl (C=O) groups excluding carboxylic acids is 1. The van der Waals surface area contributed by atoms with Gasteiger partial charge in [0.05, 0.1) is 30.0 Å². The molecule has 16 nitrogen and oxygen atoms in total. The van der Waals surface area contributed by atoms with Crippen LogP contribution in [0.4, 0.5) is 5.69 Å². The number of fused-ring (bicyclic) bond motifs is 1. The van der Waals surface area contributed by atoms with Crippen molar-refractivity contribution in [2.75, 3.05) is 18.2 Å². The number of halogens is 1. The summed E-state index contributed by atoms with van der Waals surface area (Å²) in [5.74, 6) is -0.637. The quantitative estimate of drug-likeness (QED) is 0.104. The van der Waals surface area contributed by atoms with Crippen molar-refractivity contribution >= 4 is 39.4 Å². The topological polar surface area (TPSA) is 259 Å². The molecule has 18 heteroatoms. The first kappa shape index (κ1) is 36.1. The Labute approximate surface area is 268 Å². The van der Waals surface area contributed by atoms with Gasteiger partial charge in [-0.25, -0.2) is 0 Å². The summed E-state index contributed by atoms with van der Waals surface area (Å²) in [6.07, 6.45) is -16.1. The number of ether oxygens (including phenoxy) is 2. The van der Waals surface area contributed by atoms with E-state index in [2.05, 4.69) is 9.82 Å². The summed E-state index contributed by atoms with van der Waals surface area (Å²) in [5.41, 5.74) is 4.50. The SMILES string of the molecule is CC1Cc2ccccc2N1NC(=O)c1ccc(Cl)c(S(=O)(=O)N=C[C@H](O)[C@@H](O)C(O[C@@H]2O[C@H](CO)[C@@H](O)[C@H](O)[C@H]2O)[C@H](O)CO)c1. The highest BCUT2D eigenvalue weighted by molar-refractivity contribution is 7.90. The second-order valence-electron chi connectivity index (χ2n) is 10.9. The summed E-state index contributed by atoms with van der Waals surface area (Å²) in [6.45, 7) is 0.0452. The Kier molecular flexibility index (Phi) is 11.7. The van der Waals surface area contributed by atoms with E-state index >= 15 is 0 Å². The zero-order valence-corrected chi connectivity index (χ0v) is 25.9. The Bertz CT molecular complexity index is 1510. The molecule has 1 fully saturated rings. The average Bonchev–Trinajstić information content (AvgIpc) is 3.35. The average molecular weight is 690 g/mol. The van der Waals surface area contributed by atoms with Crippen LogP contribution in [0.15, 0.2) is 51.8 Å². The number of hydrogen-bond acceptors (Lipinski definition) is 14. The van der Waals surface area contributed by atoms with Gasteiger partial charge in [-0.2, -0.15) is 12.8 Å². The second-order valence-corrected chi connectivity index (χ2v) is 12.9. The number of aliphatic hydroxyl groups excluding tert-OH is 8. The van der Waals surface area contributed by atoms with Crippen LogP contribution in [-0.4, -0.2) is 136 Å². The zero-order valence-electron chi connectivity index (χ0n) is 24.3. The number of anilines is 1. The number of aliphatic hydroxyl groups is 8. The predicted molar refractivity (Wildman–Crippen MR) is 160 cm³/mol. The molecule has 9 N–H and O–H groups in total. The number of amides is 1. The molecular formula is C28H36ClN3O13S. The predicted octanol–water partition coefficient (Wildman–Crippen LogP) is -2.54. The Morgan fingerprint density at radius 2 is 1.83 bits per heavy atom. The molecule has 46 heavy (non-hydrogen) atoms. The van der Waals surface area contributed by atoms with Gasteiger partial charge < -0.3 is 50.3 Å². The van der Waals surface area contributed by atoms with Gasteiger partial charge >= 0.3 is 0 Å². The standard InChI is InChI=1S/C28H36ClN3O13S/c1-13-8-14-4-2-3-5-17(14)32(13)31-27(41)15-6-7-16(29)21(9-15)46(42,43)30-10-18(35)22(37)26(19(36)11-33)45-28-25(40)24(39)23(38)20(12-34)44-28/h2-7,9-10,13,18-20,22-26,28,33-40H,8,11-12H2,1H3,(H,31,41)/t13?,18-,19+,20+,22+,23+,24-,25+,26?,28-/m0/s1. The molecule has 1 amide bonds. The monoisotopic (exact) mass is 689 g/mol. The summed E-state index contributed by atoms with van der Waals surface area (Å²) in [5, 5.41) is 81.8. The Balaban J connectivity index is 1.49. The molecular weight excluding hydrogens is 654 g/mol. The first-order valence-corrected chi connectivity index (χ1v) is 15.9. The second kappa shape index (κ2) is 15.0. The van der Waals surface area contributed by atoms with E-state index in [-0.39, 0.29) is 16.6 Å². The summed E-state index contributed by atoms with van der Waals surface area (Å²) >= 11 is 6.12. The molecule has 254 valence electrons. The van der Waals surface area contributed by atoms with E-state index in [0.29, 0.717) is 12.6 Å². The van der Waals surface area contributed by atoms with E-state index in [1.165, 1.54) is 12.1 Å². The minimum Gasteiger partial charge on any atom is -0.394 e. The first-order valence-electron chi connectivity index (χ1n) is 14.1. The van der Waals surface area contributed by atoms with Crippen molar-refractivity contribution in [2.45, 2.75) is 79.4 Å². The fourth-order valence-electron chi connectivity index (χ4n) is 5.07. The summed E-state index contributed by atoms with van der Waals surface area (Å²) < 4.78 is 40.0. The van der Waals surface area contributed by atoms with Crippen LogP contribution in [0.1, 0.15) is 22.8 Å². The van der Waals surface area contributed by atoms with Crippen molar-refractivity contribution in [2.24, 2.45) is 4.40 Å². The maximum atomic E-state index is 13.1. The lowest BCUT2D eigenvalue weighted by Crippen LogP contribution is -2.61. The van der Waals surface area contributed by atoms with E-state index in [1.54, 1.807) is 5.01 Å². The van der Waals surface area contributed by atoms with E-state index in [0.717, 1.165) is 17.3 Å². The number of para-hydroxylation sites is 1. The molecule has 0 bridgehead atoms. The molecule has 0 radical (unpaired) electrons. The third kappa shape index (κ3) is 7.67. The van der Waals surface area contributed by atoms with Crippen LogP contribution in [0.2, 0.25) is 5.02 Å². The van der Waals surface area contributed by atoms with Crippen molar-refractivity contribution in [3.8, 4) is 0 Å².